The standard InChI is InChI=1S/C5H7NO3S/c1-4(7)9-10-3-2-5(6)8/h2-3H,1H3,(H2,6,8). The van der Waals surface area contributed by atoms with E-state index in [1.54, 1.807) is 0 Å². The Bertz CT molecular complexity index is 166. The molecule has 0 aliphatic carbocycles. The van der Waals surface area contributed by atoms with Crippen LogP contribution in [-0.4, -0.2) is 11.9 Å². The fraction of sp³-hybridized carbons (Fsp3) is 0.200. The van der Waals surface area contributed by atoms with Crippen LogP contribution in [0.2, 0.25) is 0 Å². The van der Waals surface area contributed by atoms with Crippen LogP contribution in [-0.2, 0) is 13.8 Å². The average Bonchev–Trinajstić information content (AvgIpc) is 1.79. The number of carbonyl (C=O) groups is 2. The Kier molecular flexibility index (Phi) is 4.39. The molecule has 0 unspecified atom stereocenters. The van der Waals surface area contributed by atoms with Crippen LogP contribution in [0.5, 0.6) is 0 Å². The minimum atomic E-state index is -0.570. The maximum Gasteiger partial charge on any atom is 0.314 e. The summed E-state index contributed by atoms with van der Waals surface area (Å²) in [5.74, 6) is -0.987. The SMILES string of the molecule is CC(=O)OSC=CC(N)=O. The van der Waals surface area contributed by atoms with Gasteiger partial charge in [-0.3, -0.25) is 9.59 Å². The van der Waals surface area contributed by atoms with Gasteiger partial charge in [-0.1, -0.05) is 0 Å². The molecule has 2 N–H and O–H groups in total. The molecule has 1 amide bonds. The van der Waals surface area contributed by atoms with Crippen LogP contribution in [0.15, 0.2) is 11.5 Å². The van der Waals surface area contributed by atoms with Gasteiger partial charge in [-0.2, -0.15) is 0 Å². The number of hydrogen-bond donors (Lipinski definition) is 1. The smallest absolute Gasteiger partial charge is 0.314 e. The Morgan fingerprint density at radius 3 is 2.60 bits per heavy atom. The third-order valence-electron chi connectivity index (χ3n) is 0.453. The van der Waals surface area contributed by atoms with E-state index in [1.807, 2.05) is 0 Å². The first-order valence-electron chi connectivity index (χ1n) is 2.43. The van der Waals surface area contributed by atoms with Gasteiger partial charge in [-0.25, -0.2) is 0 Å². The molecule has 0 aromatic heterocycles. The Balaban J connectivity index is 3.36. The number of nitrogens with two attached hydrogens (primary N) is 1. The number of rotatable bonds is 3. The van der Waals surface area contributed by atoms with E-state index >= 15 is 0 Å². The summed E-state index contributed by atoms with van der Waals surface area (Å²) in [6.45, 7) is 1.27. The third-order valence-corrected chi connectivity index (χ3v) is 1.03. The second-order valence-electron chi connectivity index (χ2n) is 1.38. The Labute approximate surface area is 62.6 Å². The molecule has 0 aliphatic rings. The van der Waals surface area contributed by atoms with Gasteiger partial charge in [0, 0.05) is 18.4 Å². The lowest BCUT2D eigenvalue weighted by atomic mass is 10.6. The van der Waals surface area contributed by atoms with E-state index in [2.05, 4.69) is 4.18 Å². The molecule has 5 heteroatoms. The van der Waals surface area contributed by atoms with Crippen LogP contribution >= 0.6 is 12.0 Å². The predicted molar refractivity (Wildman–Crippen MR) is 37.7 cm³/mol. The zero-order chi connectivity index (χ0) is 7.98. The van der Waals surface area contributed by atoms with Crippen molar-refractivity contribution in [2.45, 2.75) is 6.92 Å². The van der Waals surface area contributed by atoms with Gasteiger partial charge in [0.1, 0.15) is 0 Å². The molecule has 56 valence electrons. The number of carbonyl (C=O) groups excluding carboxylic acids is 2. The molecular weight excluding hydrogens is 154 g/mol. The van der Waals surface area contributed by atoms with Crippen molar-refractivity contribution >= 4 is 23.9 Å². The average molecular weight is 161 g/mol. The third kappa shape index (κ3) is 7.03. The Hall–Kier alpha value is -0.970. The van der Waals surface area contributed by atoms with E-state index in [-0.39, 0.29) is 0 Å². The summed E-state index contributed by atoms with van der Waals surface area (Å²) < 4.78 is 4.38. The van der Waals surface area contributed by atoms with Crippen LogP contribution in [0.3, 0.4) is 0 Å². The molecule has 0 bridgehead atoms. The first-order valence-corrected chi connectivity index (χ1v) is 3.23. The van der Waals surface area contributed by atoms with Gasteiger partial charge in [0.2, 0.25) is 5.91 Å². The second-order valence-corrected chi connectivity index (χ2v) is 2.01. The molecule has 0 saturated carbocycles. The monoisotopic (exact) mass is 161 g/mol. The molecular formula is C5H7NO3S. The summed E-state index contributed by atoms with van der Waals surface area (Å²) in [5, 5.41) is 1.30. The molecule has 0 spiro atoms. The fourth-order valence-electron chi connectivity index (χ4n) is 0.190. The molecule has 0 fully saturated rings. The van der Waals surface area contributed by atoms with Gasteiger partial charge in [0.05, 0.1) is 12.0 Å². The van der Waals surface area contributed by atoms with Gasteiger partial charge in [0.15, 0.2) is 0 Å². The van der Waals surface area contributed by atoms with Crippen molar-refractivity contribution in [3.63, 3.8) is 0 Å². The normalized spacial score (nSPS) is 9.70. The number of hydrogen-bond acceptors (Lipinski definition) is 4. The van der Waals surface area contributed by atoms with E-state index in [9.17, 15) is 9.59 Å². The van der Waals surface area contributed by atoms with Gasteiger partial charge in [-0.05, 0) is 0 Å². The molecule has 4 nitrogen and oxygen atoms in total. The molecule has 0 saturated heterocycles. The Morgan fingerprint density at radius 2 is 2.20 bits per heavy atom. The molecule has 0 rings (SSSR count). The number of amides is 1. The highest BCUT2D eigenvalue weighted by molar-refractivity contribution is 7.98. The lowest BCUT2D eigenvalue weighted by Gasteiger charge is -1.89. The molecule has 10 heavy (non-hydrogen) atoms. The summed E-state index contributed by atoms with van der Waals surface area (Å²) in [7, 11) is 0. The van der Waals surface area contributed by atoms with Gasteiger partial charge >= 0.3 is 5.97 Å². The molecule has 0 aliphatic heterocycles. The summed E-state index contributed by atoms with van der Waals surface area (Å²) in [6, 6.07) is 0. The summed E-state index contributed by atoms with van der Waals surface area (Å²) >= 11 is 0.759. The van der Waals surface area contributed by atoms with Crippen LogP contribution in [0, 0.1) is 0 Å². The first kappa shape index (κ1) is 9.03. The first-order chi connectivity index (χ1) is 4.63. The van der Waals surface area contributed by atoms with Crippen LogP contribution < -0.4 is 5.73 Å². The van der Waals surface area contributed by atoms with Crippen LogP contribution in [0.25, 0.3) is 0 Å². The molecule has 0 radical (unpaired) electrons. The summed E-state index contributed by atoms with van der Waals surface area (Å²) in [4.78, 5) is 20.1. The summed E-state index contributed by atoms with van der Waals surface area (Å²) in [5.41, 5.74) is 4.73. The maximum atomic E-state index is 10.1. The van der Waals surface area contributed by atoms with Crippen LogP contribution in [0.1, 0.15) is 6.92 Å². The van der Waals surface area contributed by atoms with Crippen molar-refractivity contribution in [3.8, 4) is 0 Å². The lowest BCUT2D eigenvalue weighted by Crippen LogP contribution is -2.04. The van der Waals surface area contributed by atoms with E-state index < -0.39 is 11.9 Å². The van der Waals surface area contributed by atoms with Crippen LogP contribution in [0.4, 0.5) is 0 Å². The predicted octanol–water partition coefficient (Wildman–Crippen LogP) is 0.197. The zero-order valence-corrected chi connectivity index (χ0v) is 6.18. The van der Waals surface area contributed by atoms with Gasteiger partial charge < -0.3 is 9.92 Å². The fourth-order valence-corrected chi connectivity index (χ4v) is 0.571. The zero-order valence-electron chi connectivity index (χ0n) is 5.37. The second kappa shape index (κ2) is 4.87. The highest BCUT2D eigenvalue weighted by atomic mass is 32.2. The van der Waals surface area contributed by atoms with E-state index in [4.69, 9.17) is 5.73 Å². The maximum absolute atomic E-state index is 10.1. The minimum Gasteiger partial charge on any atom is -0.387 e. The molecule has 0 atom stereocenters. The lowest BCUT2D eigenvalue weighted by molar-refractivity contribution is -0.130. The molecule has 0 aromatic rings. The molecule has 0 aromatic carbocycles. The summed E-state index contributed by atoms with van der Waals surface area (Å²) in [6.07, 6.45) is 1.10. The van der Waals surface area contributed by atoms with Crippen molar-refractivity contribution in [1.82, 2.24) is 0 Å². The van der Waals surface area contributed by atoms with Gasteiger partial charge in [0.25, 0.3) is 0 Å². The van der Waals surface area contributed by atoms with E-state index in [0.717, 1.165) is 18.1 Å². The quantitative estimate of drug-likeness (QED) is 0.474. The van der Waals surface area contributed by atoms with E-state index in [0.29, 0.717) is 0 Å². The highest BCUT2D eigenvalue weighted by Crippen LogP contribution is 2.02. The minimum absolute atomic E-state index is 0.417. The number of primary amides is 1. The van der Waals surface area contributed by atoms with Crippen molar-refractivity contribution in [2.24, 2.45) is 5.73 Å². The van der Waals surface area contributed by atoms with Crippen molar-refractivity contribution in [2.75, 3.05) is 0 Å². The highest BCUT2D eigenvalue weighted by Gasteiger charge is 1.89. The van der Waals surface area contributed by atoms with Gasteiger partial charge in [-0.15, -0.1) is 0 Å². The Morgan fingerprint density at radius 1 is 1.60 bits per heavy atom. The van der Waals surface area contributed by atoms with E-state index in [1.165, 1.54) is 12.3 Å². The van der Waals surface area contributed by atoms with Crippen molar-refractivity contribution < 1.29 is 13.8 Å². The van der Waals surface area contributed by atoms with Crippen molar-refractivity contribution in [1.29, 1.82) is 0 Å². The molecule has 0 heterocycles. The largest absolute Gasteiger partial charge is 0.387 e. The topological polar surface area (TPSA) is 69.4 Å². The van der Waals surface area contributed by atoms with Crippen molar-refractivity contribution in [3.05, 3.63) is 11.5 Å².